The molecule has 0 aromatic heterocycles. The van der Waals surface area contributed by atoms with E-state index in [0.717, 1.165) is 12.1 Å². The van der Waals surface area contributed by atoms with Crippen molar-refractivity contribution in [2.75, 3.05) is 0 Å². The van der Waals surface area contributed by atoms with Crippen LogP contribution >= 0.6 is 11.6 Å². The number of piperidine rings is 1. The molecule has 2 aromatic carbocycles. The van der Waals surface area contributed by atoms with E-state index in [9.17, 15) is 28.0 Å². The summed E-state index contributed by atoms with van der Waals surface area (Å²) in [7, 11) is 4.94. The lowest BCUT2D eigenvalue weighted by Crippen LogP contribution is -2.66. The Balaban J connectivity index is 1.53. The van der Waals surface area contributed by atoms with Crippen LogP contribution in [0.2, 0.25) is 10.8 Å². The van der Waals surface area contributed by atoms with Crippen molar-refractivity contribution in [3.05, 3.63) is 69.7 Å². The van der Waals surface area contributed by atoms with E-state index < -0.39 is 40.5 Å². The van der Waals surface area contributed by atoms with Gasteiger partial charge < -0.3 is 10.2 Å². The van der Waals surface area contributed by atoms with E-state index in [-0.39, 0.29) is 29.8 Å². The summed E-state index contributed by atoms with van der Waals surface area (Å²) in [6.45, 7) is 0.117. The summed E-state index contributed by atoms with van der Waals surface area (Å²) in [5.41, 5.74) is -0.174. The van der Waals surface area contributed by atoms with Gasteiger partial charge in [0.25, 0.3) is 11.8 Å². The van der Waals surface area contributed by atoms with Gasteiger partial charge in [0.2, 0.25) is 11.8 Å². The van der Waals surface area contributed by atoms with Gasteiger partial charge in [0.1, 0.15) is 23.5 Å². The van der Waals surface area contributed by atoms with Crippen molar-refractivity contribution in [1.82, 2.24) is 15.5 Å². The van der Waals surface area contributed by atoms with E-state index in [2.05, 4.69) is 10.6 Å². The first-order valence-electron chi connectivity index (χ1n) is 11.1. The molecule has 4 amide bonds. The van der Waals surface area contributed by atoms with Crippen LogP contribution in [0.4, 0.5) is 8.78 Å². The number of hydrogen-bond acceptors (Lipinski definition) is 4. The van der Waals surface area contributed by atoms with Crippen molar-refractivity contribution in [3.8, 4) is 0 Å². The Hall–Kier alpha value is -3.14. The summed E-state index contributed by atoms with van der Waals surface area (Å²) in [6, 6.07) is 9.58. The van der Waals surface area contributed by atoms with Crippen molar-refractivity contribution in [1.29, 1.82) is 0 Å². The summed E-state index contributed by atoms with van der Waals surface area (Å²) in [5.74, 6) is -7.67. The molecule has 0 aliphatic carbocycles. The first-order chi connectivity index (χ1) is 16.4. The van der Waals surface area contributed by atoms with Crippen LogP contribution in [0.1, 0.15) is 39.4 Å². The molecule has 2 heterocycles. The maximum atomic E-state index is 14.7. The molecule has 4 rings (SSSR count). The zero-order valence-electron chi connectivity index (χ0n) is 19.3. The first-order valence-corrected chi connectivity index (χ1v) is 11.5. The van der Waals surface area contributed by atoms with Gasteiger partial charge in [0, 0.05) is 35.1 Å². The molecule has 2 aromatic rings. The fourth-order valence-electron chi connectivity index (χ4n) is 4.54. The van der Waals surface area contributed by atoms with Crippen LogP contribution in [0.3, 0.4) is 0 Å². The number of nitrogens with zero attached hydrogens (tertiary/aromatic N) is 1. The third-order valence-electron chi connectivity index (χ3n) is 7.00. The number of imide groups is 1. The molecule has 2 aliphatic rings. The molecule has 2 unspecified atom stereocenters. The first kappa shape index (κ1) is 25.0. The Morgan fingerprint density at radius 2 is 1.86 bits per heavy atom. The van der Waals surface area contributed by atoms with Crippen LogP contribution < -0.4 is 10.6 Å². The molecule has 3 atom stereocenters. The molecule has 0 saturated carbocycles. The predicted octanol–water partition coefficient (Wildman–Crippen LogP) is -0.367. The van der Waals surface area contributed by atoms with Crippen LogP contribution in [0, 0.1) is 0 Å². The lowest BCUT2D eigenvalue weighted by Gasteiger charge is -2.44. The zero-order chi connectivity index (χ0) is 25.7. The average molecular weight is 497 g/mol. The standard InChI is InChI=1S/C22H21B3ClF2N3O4/c23-15-8-16(32)29-19(34)21(15,25)31-9-11-7-10(1-6-14(11)18(31)33)17(24)30-20(35)22(27,28)12-2-4-13(26)5-3-12/h1-7,15,17H,8-9,23-25H2,(H,30,35)(H,29,32,34)/t15?,17?,21-/m1/s1. The highest BCUT2D eigenvalue weighted by Crippen LogP contribution is 2.38. The Morgan fingerprint density at radius 1 is 1.20 bits per heavy atom. The van der Waals surface area contributed by atoms with Crippen molar-refractivity contribution < 1.29 is 28.0 Å². The second-order valence-corrected chi connectivity index (χ2v) is 9.65. The fourth-order valence-corrected chi connectivity index (χ4v) is 4.67. The summed E-state index contributed by atoms with van der Waals surface area (Å²) < 4.78 is 29.3. The minimum Gasteiger partial charge on any atom is -0.352 e. The van der Waals surface area contributed by atoms with Crippen LogP contribution in [0.5, 0.6) is 0 Å². The topological polar surface area (TPSA) is 95.6 Å². The minimum atomic E-state index is -3.77. The summed E-state index contributed by atoms with van der Waals surface area (Å²) in [6.07, 6.45) is 0.110. The number of amides is 4. The van der Waals surface area contributed by atoms with Gasteiger partial charge in [-0.25, -0.2) is 0 Å². The molecule has 2 N–H and O–H groups in total. The minimum absolute atomic E-state index is 0.110. The van der Waals surface area contributed by atoms with Crippen molar-refractivity contribution in [3.63, 3.8) is 0 Å². The monoisotopic (exact) mass is 497 g/mol. The normalized spacial score (nSPS) is 23.0. The summed E-state index contributed by atoms with van der Waals surface area (Å²) in [4.78, 5) is 51.4. The second-order valence-electron chi connectivity index (χ2n) is 9.21. The van der Waals surface area contributed by atoms with Gasteiger partial charge >= 0.3 is 5.92 Å². The Kier molecular flexibility index (Phi) is 6.29. The van der Waals surface area contributed by atoms with Crippen molar-refractivity contribution in [2.45, 2.75) is 36.1 Å². The van der Waals surface area contributed by atoms with Gasteiger partial charge in [-0.15, -0.1) is 0 Å². The van der Waals surface area contributed by atoms with Crippen LogP contribution in [0.25, 0.3) is 0 Å². The van der Waals surface area contributed by atoms with Crippen molar-refractivity contribution >= 4 is 58.8 Å². The molecule has 0 radical (unpaired) electrons. The number of carbonyl (C=O) groups is 4. The number of rotatable bonds is 5. The molecule has 178 valence electrons. The van der Waals surface area contributed by atoms with Gasteiger partial charge in [-0.1, -0.05) is 35.9 Å². The van der Waals surface area contributed by atoms with E-state index in [1.807, 2.05) is 0 Å². The smallest absolute Gasteiger partial charge is 0.349 e. The van der Waals surface area contributed by atoms with E-state index in [1.165, 1.54) is 17.0 Å². The quantitative estimate of drug-likeness (QED) is 0.436. The molecule has 0 bridgehead atoms. The van der Waals surface area contributed by atoms with Gasteiger partial charge in [-0.2, -0.15) is 8.78 Å². The third-order valence-corrected chi connectivity index (χ3v) is 7.25. The molecule has 1 fully saturated rings. The molecule has 0 spiro atoms. The number of hydrogen-bond donors (Lipinski definition) is 2. The Labute approximate surface area is 208 Å². The highest BCUT2D eigenvalue weighted by molar-refractivity contribution is 6.38. The van der Waals surface area contributed by atoms with E-state index >= 15 is 0 Å². The number of carbonyl (C=O) groups excluding carboxylic acids is 4. The van der Waals surface area contributed by atoms with Crippen LogP contribution in [-0.4, -0.2) is 57.5 Å². The van der Waals surface area contributed by atoms with Crippen LogP contribution in [0.15, 0.2) is 42.5 Å². The number of benzene rings is 2. The van der Waals surface area contributed by atoms with Gasteiger partial charge in [-0.05, 0) is 35.1 Å². The van der Waals surface area contributed by atoms with Crippen molar-refractivity contribution in [2.24, 2.45) is 0 Å². The van der Waals surface area contributed by atoms with E-state index in [1.54, 1.807) is 41.7 Å². The highest BCUT2D eigenvalue weighted by atomic mass is 35.5. The highest BCUT2D eigenvalue weighted by Gasteiger charge is 2.52. The van der Waals surface area contributed by atoms with E-state index in [4.69, 9.17) is 11.6 Å². The van der Waals surface area contributed by atoms with Gasteiger partial charge in [0.15, 0.2) is 0 Å². The fraction of sp³-hybridized carbons (Fsp3) is 0.273. The average Bonchev–Trinajstić information content (AvgIpc) is 3.13. The zero-order valence-corrected chi connectivity index (χ0v) is 20.1. The number of fused-ring (bicyclic) bond motifs is 1. The summed E-state index contributed by atoms with van der Waals surface area (Å²) >= 11 is 5.74. The molecule has 2 aliphatic heterocycles. The lowest BCUT2D eigenvalue weighted by molar-refractivity contribution is -0.147. The molecule has 1 saturated heterocycles. The maximum Gasteiger partial charge on any atom is 0.349 e. The molecule has 7 nitrogen and oxygen atoms in total. The van der Waals surface area contributed by atoms with E-state index in [0.29, 0.717) is 16.7 Å². The predicted molar refractivity (Wildman–Crippen MR) is 132 cm³/mol. The molecular formula is C22H21B3ClF2N3O4. The second kappa shape index (κ2) is 8.82. The number of nitrogens with one attached hydrogen (secondary N) is 2. The lowest BCUT2D eigenvalue weighted by atomic mass is 9.56. The Bertz CT molecular complexity index is 1250. The molecule has 13 heteroatoms. The Morgan fingerprint density at radius 3 is 2.49 bits per heavy atom. The van der Waals surface area contributed by atoms with Crippen LogP contribution in [-0.2, 0) is 26.9 Å². The third kappa shape index (κ3) is 4.24. The maximum absolute atomic E-state index is 14.7. The van der Waals surface area contributed by atoms with Gasteiger partial charge in [-0.3, -0.25) is 24.5 Å². The SMILES string of the molecule is BC(NC(=O)C(F)(F)c1ccc(Cl)cc1)c1ccc2c(c1)CN([C@@]1(B)C(=O)NC(=O)CC1B)C2=O. The number of alkyl halides is 2. The largest absolute Gasteiger partial charge is 0.352 e. The van der Waals surface area contributed by atoms with Gasteiger partial charge in [0.05, 0.1) is 5.44 Å². The number of halogens is 3. The molecular weight excluding hydrogens is 476 g/mol. The summed E-state index contributed by atoms with van der Waals surface area (Å²) in [5, 5.41) is 4.92. The molecule has 35 heavy (non-hydrogen) atoms.